The summed E-state index contributed by atoms with van der Waals surface area (Å²) in [5.74, 6) is 0.428. The van der Waals surface area contributed by atoms with Crippen molar-refractivity contribution in [2.75, 3.05) is 18.2 Å². The van der Waals surface area contributed by atoms with Gasteiger partial charge in [0.2, 0.25) is 0 Å². The molecular weight excluding hydrogens is 330 g/mol. The molecule has 0 saturated carbocycles. The summed E-state index contributed by atoms with van der Waals surface area (Å²) in [5.41, 5.74) is 6.85. The Morgan fingerprint density at radius 1 is 1.47 bits per heavy atom. The van der Waals surface area contributed by atoms with Gasteiger partial charge in [-0.1, -0.05) is 27.3 Å². The molecule has 5 nitrogen and oxygen atoms in total. The van der Waals surface area contributed by atoms with Crippen molar-refractivity contribution in [3.63, 3.8) is 0 Å². The number of rotatable bonds is 3. The highest BCUT2D eigenvalue weighted by molar-refractivity contribution is 9.10. The summed E-state index contributed by atoms with van der Waals surface area (Å²) < 4.78 is 5.96. The summed E-state index contributed by atoms with van der Waals surface area (Å²) in [4.78, 5) is 16.6. The number of anilines is 2. The van der Waals surface area contributed by atoms with Crippen LogP contribution in [0.1, 0.15) is 15.4 Å². The molecule has 0 unspecified atom stereocenters. The highest BCUT2D eigenvalue weighted by atomic mass is 79.9. The van der Waals surface area contributed by atoms with E-state index in [-0.39, 0.29) is 5.91 Å². The number of nitrogens with one attached hydrogen (secondary N) is 1. The van der Waals surface area contributed by atoms with E-state index in [1.54, 1.807) is 26.2 Å². The molecule has 0 atom stereocenters. The highest BCUT2D eigenvalue weighted by Crippen LogP contribution is 2.26. The highest BCUT2D eigenvalue weighted by Gasteiger charge is 2.14. The van der Waals surface area contributed by atoms with Gasteiger partial charge in [-0.2, -0.15) is 0 Å². The van der Waals surface area contributed by atoms with Crippen LogP contribution in [-0.4, -0.2) is 18.0 Å². The second kappa shape index (κ2) is 5.58. The molecule has 0 aliphatic heterocycles. The fourth-order valence-corrected chi connectivity index (χ4v) is 2.77. The lowest BCUT2D eigenvalue weighted by Crippen LogP contribution is -2.11. The van der Waals surface area contributed by atoms with Gasteiger partial charge in [-0.3, -0.25) is 4.79 Å². The SMILES string of the molecule is COc1cc(Br)cc(NC(=O)c2sc(N)nc2C)c1. The van der Waals surface area contributed by atoms with E-state index in [1.165, 1.54) is 11.3 Å². The number of thiazole rings is 1. The van der Waals surface area contributed by atoms with Gasteiger partial charge in [0.15, 0.2) is 5.13 Å². The Morgan fingerprint density at radius 2 is 2.21 bits per heavy atom. The van der Waals surface area contributed by atoms with Crippen molar-refractivity contribution in [2.45, 2.75) is 6.92 Å². The molecular formula is C12H12BrN3O2S. The molecule has 0 aliphatic carbocycles. The standard InChI is InChI=1S/C12H12BrN3O2S/c1-6-10(19-12(14)15-6)11(17)16-8-3-7(13)4-9(5-8)18-2/h3-5H,1-2H3,(H2,14,15)(H,16,17). The molecule has 0 saturated heterocycles. The molecule has 0 aliphatic rings. The molecule has 100 valence electrons. The summed E-state index contributed by atoms with van der Waals surface area (Å²) in [5, 5.41) is 3.18. The number of aryl methyl sites for hydroxylation is 1. The predicted molar refractivity (Wildman–Crippen MR) is 79.9 cm³/mol. The van der Waals surface area contributed by atoms with Crippen LogP contribution in [0.5, 0.6) is 5.75 Å². The summed E-state index contributed by atoms with van der Waals surface area (Å²) in [6.45, 7) is 1.75. The van der Waals surface area contributed by atoms with E-state index in [0.29, 0.717) is 27.1 Å². The fraction of sp³-hybridized carbons (Fsp3) is 0.167. The van der Waals surface area contributed by atoms with Crippen LogP contribution in [0.25, 0.3) is 0 Å². The first-order valence-corrected chi connectivity index (χ1v) is 6.99. The van der Waals surface area contributed by atoms with Crippen molar-refractivity contribution >= 4 is 44.0 Å². The zero-order valence-electron chi connectivity index (χ0n) is 10.4. The van der Waals surface area contributed by atoms with E-state index in [1.807, 2.05) is 6.07 Å². The Morgan fingerprint density at radius 3 is 2.79 bits per heavy atom. The van der Waals surface area contributed by atoms with Crippen molar-refractivity contribution in [3.05, 3.63) is 33.2 Å². The third kappa shape index (κ3) is 3.24. The molecule has 3 N–H and O–H groups in total. The Kier molecular flexibility index (Phi) is 4.06. The van der Waals surface area contributed by atoms with Gasteiger partial charge in [-0.05, 0) is 19.1 Å². The molecule has 19 heavy (non-hydrogen) atoms. The number of hydrogen-bond donors (Lipinski definition) is 2. The van der Waals surface area contributed by atoms with Crippen molar-refractivity contribution in [1.29, 1.82) is 0 Å². The summed E-state index contributed by atoms with van der Waals surface area (Å²) in [7, 11) is 1.57. The minimum absolute atomic E-state index is 0.230. The Balaban J connectivity index is 2.23. The molecule has 0 spiro atoms. The monoisotopic (exact) mass is 341 g/mol. The van der Waals surface area contributed by atoms with Crippen LogP contribution in [0, 0.1) is 6.92 Å². The lowest BCUT2D eigenvalue weighted by atomic mass is 10.3. The number of hydrogen-bond acceptors (Lipinski definition) is 5. The molecule has 0 radical (unpaired) electrons. The van der Waals surface area contributed by atoms with Crippen LogP contribution in [0.3, 0.4) is 0 Å². The Labute approximate surface area is 122 Å². The van der Waals surface area contributed by atoms with E-state index >= 15 is 0 Å². The molecule has 0 fully saturated rings. The lowest BCUT2D eigenvalue weighted by Gasteiger charge is -2.07. The molecule has 1 aromatic heterocycles. The van der Waals surface area contributed by atoms with Gasteiger partial charge in [0, 0.05) is 16.2 Å². The summed E-state index contributed by atoms with van der Waals surface area (Å²) >= 11 is 4.53. The van der Waals surface area contributed by atoms with E-state index in [0.717, 1.165) is 4.47 Å². The Bertz CT molecular complexity index is 627. The van der Waals surface area contributed by atoms with Gasteiger partial charge >= 0.3 is 0 Å². The number of nitrogens with zero attached hydrogens (tertiary/aromatic N) is 1. The van der Waals surface area contributed by atoms with Crippen LogP contribution >= 0.6 is 27.3 Å². The van der Waals surface area contributed by atoms with Crippen LogP contribution in [0.4, 0.5) is 10.8 Å². The topological polar surface area (TPSA) is 77.2 Å². The van der Waals surface area contributed by atoms with Crippen LogP contribution < -0.4 is 15.8 Å². The molecule has 0 bridgehead atoms. The minimum atomic E-state index is -0.230. The number of amides is 1. The molecule has 1 aromatic carbocycles. The van der Waals surface area contributed by atoms with Crippen LogP contribution in [0.2, 0.25) is 0 Å². The zero-order valence-corrected chi connectivity index (χ0v) is 12.8. The van der Waals surface area contributed by atoms with Crippen molar-refractivity contribution < 1.29 is 9.53 Å². The molecule has 2 aromatic rings. The number of halogens is 1. The number of nitrogens with two attached hydrogens (primary N) is 1. The largest absolute Gasteiger partial charge is 0.497 e. The molecule has 7 heteroatoms. The second-order valence-corrected chi connectivity index (χ2v) is 5.75. The van der Waals surface area contributed by atoms with E-state index in [9.17, 15) is 4.79 Å². The maximum absolute atomic E-state index is 12.1. The maximum atomic E-state index is 12.1. The minimum Gasteiger partial charge on any atom is -0.497 e. The van der Waals surface area contributed by atoms with Gasteiger partial charge < -0.3 is 15.8 Å². The third-order valence-electron chi connectivity index (χ3n) is 2.38. The fourth-order valence-electron chi connectivity index (χ4n) is 1.57. The first-order chi connectivity index (χ1) is 8.99. The quantitative estimate of drug-likeness (QED) is 0.899. The van der Waals surface area contributed by atoms with Crippen LogP contribution in [-0.2, 0) is 0 Å². The van der Waals surface area contributed by atoms with Gasteiger partial charge in [0.25, 0.3) is 5.91 Å². The first kappa shape index (κ1) is 13.8. The number of carbonyl (C=O) groups is 1. The van der Waals surface area contributed by atoms with Crippen LogP contribution in [0.15, 0.2) is 22.7 Å². The van der Waals surface area contributed by atoms with Crippen molar-refractivity contribution in [3.8, 4) is 5.75 Å². The number of nitrogen functional groups attached to an aromatic ring is 1. The van der Waals surface area contributed by atoms with Gasteiger partial charge in [-0.15, -0.1) is 0 Å². The number of aromatic nitrogens is 1. The van der Waals surface area contributed by atoms with E-state index in [4.69, 9.17) is 10.5 Å². The number of ether oxygens (including phenoxy) is 1. The number of benzene rings is 1. The van der Waals surface area contributed by atoms with Crippen molar-refractivity contribution in [1.82, 2.24) is 4.98 Å². The summed E-state index contributed by atoms with van der Waals surface area (Å²) in [6, 6.07) is 5.34. The predicted octanol–water partition coefficient (Wildman–Crippen LogP) is 3.06. The normalized spacial score (nSPS) is 10.3. The number of methoxy groups -OCH3 is 1. The average Bonchev–Trinajstić information content (AvgIpc) is 2.67. The van der Waals surface area contributed by atoms with E-state index in [2.05, 4.69) is 26.2 Å². The van der Waals surface area contributed by atoms with Crippen molar-refractivity contribution in [2.24, 2.45) is 0 Å². The average molecular weight is 342 g/mol. The zero-order chi connectivity index (χ0) is 14.0. The maximum Gasteiger partial charge on any atom is 0.267 e. The molecule has 2 rings (SSSR count). The second-order valence-electron chi connectivity index (χ2n) is 3.80. The van der Waals surface area contributed by atoms with Gasteiger partial charge in [-0.25, -0.2) is 4.98 Å². The lowest BCUT2D eigenvalue weighted by molar-refractivity contribution is 0.103. The first-order valence-electron chi connectivity index (χ1n) is 5.38. The number of carbonyl (C=O) groups excluding carboxylic acids is 1. The summed E-state index contributed by atoms with van der Waals surface area (Å²) in [6.07, 6.45) is 0. The van der Waals surface area contributed by atoms with Gasteiger partial charge in [0.1, 0.15) is 10.6 Å². The van der Waals surface area contributed by atoms with Gasteiger partial charge in [0.05, 0.1) is 12.8 Å². The third-order valence-corrected chi connectivity index (χ3v) is 3.83. The van der Waals surface area contributed by atoms with E-state index < -0.39 is 0 Å². The molecule has 1 heterocycles. The Hall–Kier alpha value is -1.60. The molecule has 1 amide bonds. The smallest absolute Gasteiger partial charge is 0.267 e.